The Hall–Kier alpha value is -1.60. The zero-order chi connectivity index (χ0) is 14.5. The summed E-state index contributed by atoms with van der Waals surface area (Å²) in [5.74, 6) is 0. The summed E-state index contributed by atoms with van der Waals surface area (Å²) < 4.78 is 0. The van der Waals surface area contributed by atoms with E-state index in [2.05, 4.69) is 63.2 Å². The maximum atomic E-state index is 10.3. The van der Waals surface area contributed by atoms with Crippen molar-refractivity contribution < 1.29 is 5.11 Å². The second kappa shape index (κ2) is 6.71. The Kier molecular flexibility index (Phi) is 4.97. The molecule has 0 saturated carbocycles. The van der Waals surface area contributed by atoms with Gasteiger partial charge in [-0.3, -0.25) is 0 Å². The molecule has 1 heteroatoms. The van der Waals surface area contributed by atoms with Crippen molar-refractivity contribution in [3.05, 3.63) is 70.3 Å². The third kappa shape index (κ3) is 3.94. The molecule has 0 aliphatic heterocycles. The van der Waals surface area contributed by atoms with Crippen LogP contribution in [0.5, 0.6) is 0 Å². The smallest absolute Gasteiger partial charge is 0.0583 e. The van der Waals surface area contributed by atoms with Crippen LogP contribution in [0.3, 0.4) is 0 Å². The number of rotatable bonds is 5. The molecule has 0 spiro atoms. The van der Waals surface area contributed by atoms with E-state index in [0.29, 0.717) is 0 Å². The molecule has 106 valence electrons. The Bertz CT molecular complexity index is 551. The second-order valence-electron chi connectivity index (χ2n) is 5.76. The predicted molar refractivity (Wildman–Crippen MR) is 85.1 cm³/mol. The van der Waals surface area contributed by atoms with E-state index in [1.54, 1.807) is 0 Å². The van der Waals surface area contributed by atoms with Crippen LogP contribution in [0.1, 0.15) is 34.2 Å². The van der Waals surface area contributed by atoms with Crippen LogP contribution < -0.4 is 0 Å². The molecule has 0 aromatic heterocycles. The molecule has 1 unspecified atom stereocenters. The third-order valence-electron chi connectivity index (χ3n) is 3.93. The molecule has 0 aliphatic carbocycles. The van der Waals surface area contributed by atoms with Gasteiger partial charge in [-0.2, -0.15) is 0 Å². The molecule has 0 fully saturated rings. The highest BCUT2D eigenvalue weighted by molar-refractivity contribution is 5.34. The van der Waals surface area contributed by atoms with Crippen LogP contribution in [0.25, 0.3) is 0 Å². The Labute approximate surface area is 122 Å². The lowest BCUT2D eigenvalue weighted by atomic mass is 9.95. The van der Waals surface area contributed by atoms with Gasteiger partial charge in [-0.05, 0) is 62.3 Å². The van der Waals surface area contributed by atoms with E-state index in [9.17, 15) is 5.11 Å². The predicted octanol–water partition coefficient (Wildman–Crippen LogP) is 4.15. The Morgan fingerprint density at radius 2 is 1.60 bits per heavy atom. The first-order chi connectivity index (χ1) is 9.56. The van der Waals surface area contributed by atoms with Gasteiger partial charge in [-0.1, -0.05) is 48.0 Å². The monoisotopic (exact) mass is 268 g/mol. The fraction of sp³-hybridized carbons (Fsp3) is 0.368. The minimum Gasteiger partial charge on any atom is -0.393 e. The molecule has 0 heterocycles. The number of aliphatic hydroxyl groups excluding tert-OH is 1. The van der Waals surface area contributed by atoms with Crippen molar-refractivity contribution in [2.24, 2.45) is 0 Å². The number of aryl methyl sites for hydroxylation is 4. The molecule has 1 N–H and O–H groups in total. The van der Waals surface area contributed by atoms with Gasteiger partial charge in [-0.15, -0.1) is 0 Å². The molecule has 0 saturated heterocycles. The standard InChI is InChI=1S/C19H24O/c1-14-6-4-9-17(12-14)10-11-18(20)13-19-15(2)7-5-8-16(19)3/h4-9,12,18,20H,10-11,13H2,1-3H3. The average molecular weight is 268 g/mol. The quantitative estimate of drug-likeness (QED) is 0.863. The summed E-state index contributed by atoms with van der Waals surface area (Å²) in [5.41, 5.74) is 6.45. The van der Waals surface area contributed by atoms with E-state index in [1.807, 2.05) is 0 Å². The van der Waals surface area contributed by atoms with E-state index in [4.69, 9.17) is 0 Å². The second-order valence-corrected chi connectivity index (χ2v) is 5.76. The van der Waals surface area contributed by atoms with Gasteiger partial charge in [0.15, 0.2) is 0 Å². The van der Waals surface area contributed by atoms with Crippen molar-refractivity contribution >= 4 is 0 Å². The molecule has 1 atom stereocenters. The molecule has 0 amide bonds. The number of aliphatic hydroxyl groups is 1. The minimum absolute atomic E-state index is 0.268. The van der Waals surface area contributed by atoms with Gasteiger partial charge in [0.1, 0.15) is 0 Å². The molecular weight excluding hydrogens is 244 g/mol. The van der Waals surface area contributed by atoms with Crippen LogP contribution in [-0.2, 0) is 12.8 Å². The van der Waals surface area contributed by atoms with Crippen molar-refractivity contribution in [2.45, 2.75) is 46.1 Å². The van der Waals surface area contributed by atoms with Crippen LogP contribution in [0.15, 0.2) is 42.5 Å². The van der Waals surface area contributed by atoms with Gasteiger partial charge in [0.2, 0.25) is 0 Å². The average Bonchev–Trinajstić information content (AvgIpc) is 2.41. The SMILES string of the molecule is Cc1cccc(CCC(O)Cc2c(C)cccc2C)c1. The lowest BCUT2D eigenvalue weighted by molar-refractivity contribution is 0.165. The van der Waals surface area contributed by atoms with E-state index in [0.717, 1.165) is 19.3 Å². The Morgan fingerprint density at radius 1 is 0.950 bits per heavy atom. The van der Waals surface area contributed by atoms with Crippen LogP contribution in [0.2, 0.25) is 0 Å². The van der Waals surface area contributed by atoms with Crippen LogP contribution in [0.4, 0.5) is 0 Å². The molecule has 0 bridgehead atoms. The molecule has 2 rings (SSSR count). The summed E-state index contributed by atoms with van der Waals surface area (Å²) in [6.45, 7) is 6.35. The van der Waals surface area contributed by atoms with Crippen molar-refractivity contribution in [3.63, 3.8) is 0 Å². The number of hydrogen-bond donors (Lipinski definition) is 1. The Balaban J connectivity index is 1.94. The van der Waals surface area contributed by atoms with Gasteiger partial charge < -0.3 is 5.11 Å². The minimum atomic E-state index is -0.268. The van der Waals surface area contributed by atoms with Crippen LogP contribution in [0, 0.1) is 20.8 Å². The maximum Gasteiger partial charge on any atom is 0.0583 e. The van der Waals surface area contributed by atoms with Gasteiger partial charge in [0.05, 0.1) is 6.10 Å². The zero-order valence-corrected chi connectivity index (χ0v) is 12.7. The summed E-state index contributed by atoms with van der Waals surface area (Å²) >= 11 is 0. The molecule has 20 heavy (non-hydrogen) atoms. The molecule has 2 aromatic rings. The third-order valence-corrected chi connectivity index (χ3v) is 3.93. The number of benzene rings is 2. The molecular formula is C19H24O. The molecule has 0 radical (unpaired) electrons. The van der Waals surface area contributed by atoms with Crippen LogP contribution in [-0.4, -0.2) is 11.2 Å². The lowest BCUT2D eigenvalue weighted by Crippen LogP contribution is -2.13. The van der Waals surface area contributed by atoms with E-state index in [1.165, 1.54) is 27.8 Å². The van der Waals surface area contributed by atoms with Crippen molar-refractivity contribution in [3.8, 4) is 0 Å². The zero-order valence-electron chi connectivity index (χ0n) is 12.7. The highest BCUT2D eigenvalue weighted by Gasteiger charge is 2.10. The first-order valence-electron chi connectivity index (χ1n) is 7.35. The van der Waals surface area contributed by atoms with Crippen LogP contribution >= 0.6 is 0 Å². The summed E-state index contributed by atoms with van der Waals surface area (Å²) in [7, 11) is 0. The van der Waals surface area contributed by atoms with Crippen molar-refractivity contribution in [2.75, 3.05) is 0 Å². The van der Waals surface area contributed by atoms with Gasteiger partial charge in [0.25, 0.3) is 0 Å². The highest BCUT2D eigenvalue weighted by Crippen LogP contribution is 2.17. The fourth-order valence-electron chi connectivity index (χ4n) is 2.71. The van der Waals surface area contributed by atoms with E-state index in [-0.39, 0.29) is 6.10 Å². The summed E-state index contributed by atoms with van der Waals surface area (Å²) in [6, 6.07) is 14.8. The molecule has 1 nitrogen and oxygen atoms in total. The lowest BCUT2D eigenvalue weighted by Gasteiger charge is -2.15. The van der Waals surface area contributed by atoms with Gasteiger partial charge >= 0.3 is 0 Å². The first-order valence-corrected chi connectivity index (χ1v) is 7.35. The highest BCUT2D eigenvalue weighted by atomic mass is 16.3. The molecule has 0 aliphatic rings. The van der Waals surface area contributed by atoms with Crippen molar-refractivity contribution in [1.82, 2.24) is 0 Å². The maximum absolute atomic E-state index is 10.3. The summed E-state index contributed by atoms with van der Waals surface area (Å²) in [5, 5.41) is 10.3. The number of hydrogen-bond acceptors (Lipinski definition) is 1. The summed E-state index contributed by atoms with van der Waals surface area (Å²) in [6.07, 6.45) is 2.24. The normalized spacial score (nSPS) is 12.4. The van der Waals surface area contributed by atoms with Gasteiger partial charge in [0, 0.05) is 0 Å². The Morgan fingerprint density at radius 3 is 2.25 bits per heavy atom. The topological polar surface area (TPSA) is 20.2 Å². The largest absolute Gasteiger partial charge is 0.393 e. The summed E-state index contributed by atoms with van der Waals surface area (Å²) in [4.78, 5) is 0. The van der Waals surface area contributed by atoms with Gasteiger partial charge in [-0.25, -0.2) is 0 Å². The van der Waals surface area contributed by atoms with Crippen molar-refractivity contribution in [1.29, 1.82) is 0 Å². The molecule has 2 aromatic carbocycles. The van der Waals surface area contributed by atoms with E-state index >= 15 is 0 Å². The van der Waals surface area contributed by atoms with E-state index < -0.39 is 0 Å². The fourth-order valence-corrected chi connectivity index (χ4v) is 2.71. The first kappa shape index (κ1) is 14.8.